The fraction of sp³-hybridized carbons (Fsp3) is 0.500. The molecule has 3 atom stereocenters. The van der Waals surface area contributed by atoms with Crippen LogP contribution in [0.15, 0.2) is 12.5 Å². The fourth-order valence-electron chi connectivity index (χ4n) is 2.82. The third-order valence-corrected chi connectivity index (χ3v) is 3.65. The van der Waals surface area contributed by atoms with Gasteiger partial charge in [-0.3, -0.25) is 4.79 Å². The van der Waals surface area contributed by atoms with Gasteiger partial charge in [-0.15, -0.1) is 0 Å². The van der Waals surface area contributed by atoms with Gasteiger partial charge in [0.25, 0.3) is 0 Å². The van der Waals surface area contributed by atoms with Gasteiger partial charge in [0, 0.05) is 5.92 Å². The quantitative estimate of drug-likeness (QED) is 0.839. The zero-order valence-electron chi connectivity index (χ0n) is 10.00. The summed E-state index contributed by atoms with van der Waals surface area (Å²) >= 11 is 0. The number of H-pyrrole nitrogens is 1. The first-order valence-corrected chi connectivity index (χ1v) is 6.03. The summed E-state index contributed by atoms with van der Waals surface area (Å²) in [6.45, 7) is 2.08. The predicted octanol–water partition coefficient (Wildman–Crippen LogP) is 1.57. The third-order valence-electron chi connectivity index (χ3n) is 3.65. The molecule has 1 fully saturated rings. The Morgan fingerprint density at radius 3 is 3.06 bits per heavy atom. The molecule has 6 nitrogen and oxygen atoms in total. The summed E-state index contributed by atoms with van der Waals surface area (Å²) in [5.41, 5.74) is 1.36. The molecule has 0 saturated heterocycles. The minimum Gasteiger partial charge on any atom is -0.481 e. The van der Waals surface area contributed by atoms with Crippen LogP contribution in [0.3, 0.4) is 0 Å². The monoisotopic (exact) mass is 246 g/mol. The number of aromatic nitrogens is 4. The van der Waals surface area contributed by atoms with E-state index in [-0.39, 0.29) is 11.8 Å². The Morgan fingerprint density at radius 2 is 2.33 bits per heavy atom. The van der Waals surface area contributed by atoms with Gasteiger partial charge >= 0.3 is 5.97 Å². The maximum atomic E-state index is 11.3. The van der Waals surface area contributed by atoms with E-state index in [4.69, 9.17) is 0 Å². The van der Waals surface area contributed by atoms with Gasteiger partial charge in [-0.05, 0) is 18.8 Å². The number of fused-ring (bicyclic) bond motifs is 1. The normalized spacial score (nSPS) is 27.7. The van der Waals surface area contributed by atoms with Crippen LogP contribution in [-0.4, -0.2) is 31.0 Å². The van der Waals surface area contributed by atoms with Gasteiger partial charge in [-0.1, -0.05) is 6.92 Å². The second-order valence-corrected chi connectivity index (χ2v) is 5.01. The molecule has 3 rings (SSSR count). The van der Waals surface area contributed by atoms with Crippen molar-refractivity contribution in [3.05, 3.63) is 18.3 Å². The van der Waals surface area contributed by atoms with E-state index in [1.165, 1.54) is 6.33 Å². The molecule has 0 bridgehead atoms. The van der Waals surface area contributed by atoms with E-state index in [1.807, 2.05) is 0 Å². The van der Waals surface area contributed by atoms with Crippen LogP contribution in [0.1, 0.15) is 31.5 Å². The average Bonchev–Trinajstić information content (AvgIpc) is 2.91. The summed E-state index contributed by atoms with van der Waals surface area (Å²) in [6, 6.07) is 0. The molecule has 1 aliphatic rings. The number of carboxylic acids is 1. The number of aliphatic carboxylic acids is 1. The predicted molar refractivity (Wildman–Crippen MR) is 63.9 cm³/mol. The zero-order valence-corrected chi connectivity index (χ0v) is 10.00. The molecule has 94 valence electrons. The number of nitrogens with one attached hydrogen (secondary N) is 1. The van der Waals surface area contributed by atoms with Crippen molar-refractivity contribution in [3.63, 3.8) is 0 Å². The van der Waals surface area contributed by atoms with Gasteiger partial charge in [0.15, 0.2) is 5.65 Å². The number of rotatable bonds is 2. The fourth-order valence-corrected chi connectivity index (χ4v) is 2.82. The van der Waals surface area contributed by atoms with Gasteiger partial charge < -0.3 is 10.1 Å². The SMILES string of the molecule is CC1CC(C(=O)O)C(c2nc3ncncc3[nH]2)C1. The standard InChI is InChI=1S/C12H14N4O2/c1-6-2-7(8(3-6)12(17)18)10-15-9-4-13-5-14-11(9)16-10/h4-8H,2-3H2,1H3,(H,17,18)(H,13,14,15,16). The molecule has 2 aromatic rings. The lowest BCUT2D eigenvalue weighted by Crippen LogP contribution is -2.17. The number of imidazole rings is 1. The van der Waals surface area contributed by atoms with E-state index in [1.54, 1.807) is 6.20 Å². The minimum absolute atomic E-state index is 0.0494. The lowest BCUT2D eigenvalue weighted by Gasteiger charge is -2.12. The van der Waals surface area contributed by atoms with E-state index in [2.05, 4.69) is 26.9 Å². The second-order valence-electron chi connectivity index (χ2n) is 5.01. The molecule has 0 spiro atoms. The van der Waals surface area contributed by atoms with Crippen molar-refractivity contribution in [2.24, 2.45) is 11.8 Å². The summed E-state index contributed by atoms with van der Waals surface area (Å²) in [6.07, 6.45) is 4.67. The molecular weight excluding hydrogens is 232 g/mol. The first-order chi connectivity index (χ1) is 8.65. The molecule has 1 saturated carbocycles. The van der Waals surface area contributed by atoms with Gasteiger partial charge in [0.1, 0.15) is 17.7 Å². The minimum atomic E-state index is -0.740. The number of carboxylic acid groups (broad SMARTS) is 1. The van der Waals surface area contributed by atoms with Gasteiger partial charge in [-0.25, -0.2) is 15.0 Å². The second kappa shape index (κ2) is 4.04. The largest absolute Gasteiger partial charge is 0.481 e. The van der Waals surface area contributed by atoms with Crippen LogP contribution in [0.4, 0.5) is 0 Å². The molecule has 18 heavy (non-hydrogen) atoms. The van der Waals surface area contributed by atoms with Gasteiger partial charge in [0.2, 0.25) is 0 Å². The average molecular weight is 246 g/mol. The van der Waals surface area contributed by atoms with Crippen molar-refractivity contribution in [3.8, 4) is 0 Å². The van der Waals surface area contributed by atoms with E-state index in [0.29, 0.717) is 18.0 Å². The summed E-state index contributed by atoms with van der Waals surface area (Å²) in [7, 11) is 0. The Labute approximate surface area is 103 Å². The number of hydrogen-bond donors (Lipinski definition) is 2. The number of carbonyl (C=O) groups is 1. The van der Waals surface area contributed by atoms with Gasteiger partial charge in [-0.2, -0.15) is 0 Å². The van der Waals surface area contributed by atoms with E-state index in [0.717, 1.165) is 17.8 Å². The van der Waals surface area contributed by atoms with Crippen LogP contribution in [0.25, 0.3) is 11.2 Å². The van der Waals surface area contributed by atoms with Crippen molar-refractivity contribution < 1.29 is 9.90 Å². The molecule has 0 radical (unpaired) electrons. The maximum absolute atomic E-state index is 11.3. The van der Waals surface area contributed by atoms with Crippen molar-refractivity contribution in [1.29, 1.82) is 0 Å². The van der Waals surface area contributed by atoms with Crippen LogP contribution < -0.4 is 0 Å². The maximum Gasteiger partial charge on any atom is 0.307 e. The molecule has 0 amide bonds. The van der Waals surface area contributed by atoms with Crippen LogP contribution in [0, 0.1) is 11.8 Å². The molecule has 2 heterocycles. The molecule has 2 aromatic heterocycles. The molecule has 0 aliphatic heterocycles. The van der Waals surface area contributed by atoms with E-state index in [9.17, 15) is 9.90 Å². The Balaban J connectivity index is 2.00. The van der Waals surface area contributed by atoms with Crippen LogP contribution in [-0.2, 0) is 4.79 Å². The Bertz CT molecular complexity index is 562. The lowest BCUT2D eigenvalue weighted by molar-refractivity contribution is -0.142. The molecule has 0 aromatic carbocycles. The highest BCUT2D eigenvalue weighted by Gasteiger charge is 2.39. The van der Waals surface area contributed by atoms with Crippen molar-refractivity contribution in [2.45, 2.75) is 25.7 Å². The van der Waals surface area contributed by atoms with Crippen LogP contribution >= 0.6 is 0 Å². The third kappa shape index (κ3) is 1.73. The Kier molecular flexibility index (Phi) is 2.50. The summed E-state index contributed by atoms with van der Waals surface area (Å²) in [4.78, 5) is 26.8. The molecular formula is C12H14N4O2. The van der Waals surface area contributed by atoms with Crippen molar-refractivity contribution in [1.82, 2.24) is 19.9 Å². The highest BCUT2D eigenvalue weighted by molar-refractivity contribution is 5.73. The topological polar surface area (TPSA) is 91.8 Å². The first-order valence-electron chi connectivity index (χ1n) is 6.03. The number of aromatic amines is 1. The van der Waals surface area contributed by atoms with Crippen molar-refractivity contribution in [2.75, 3.05) is 0 Å². The molecule has 6 heteroatoms. The van der Waals surface area contributed by atoms with E-state index < -0.39 is 5.97 Å². The highest BCUT2D eigenvalue weighted by atomic mass is 16.4. The van der Waals surface area contributed by atoms with Crippen LogP contribution in [0.5, 0.6) is 0 Å². The molecule has 1 aliphatic carbocycles. The first kappa shape index (κ1) is 11.1. The zero-order chi connectivity index (χ0) is 12.7. The van der Waals surface area contributed by atoms with Crippen molar-refractivity contribution >= 4 is 17.1 Å². The molecule has 3 unspecified atom stereocenters. The van der Waals surface area contributed by atoms with Crippen LogP contribution in [0.2, 0.25) is 0 Å². The summed E-state index contributed by atoms with van der Waals surface area (Å²) in [5, 5.41) is 9.27. The summed E-state index contributed by atoms with van der Waals surface area (Å²) in [5.74, 6) is -0.00578. The molecule has 2 N–H and O–H groups in total. The lowest BCUT2D eigenvalue weighted by atomic mass is 9.96. The summed E-state index contributed by atoms with van der Waals surface area (Å²) < 4.78 is 0. The van der Waals surface area contributed by atoms with E-state index >= 15 is 0 Å². The Morgan fingerprint density at radius 1 is 1.50 bits per heavy atom. The smallest absolute Gasteiger partial charge is 0.307 e. The Hall–Kier alpha value is -1.98. The van der Waals surface area contributed by atoms with Gasteiger partial charge in [0.05, 0.1) is 12.1 Å². The highest BCUT2D eigenvalue weighted by Crippen LogP contribution is 2.42. The number of hydrogen-bond acceptors (Lipinski definition) is 4. The number of nitrogens with zero attached hydrogens (tertiary/aromatic N) is 3.